The Morgan fingerprint density at radius 1 is 1.45 bits per heavy atom. The van der Waals surface area contributed by atoms with E-state index in [1.807, 2.05) is 0 Å². The van der Waals surface area contributed by atoms with Crippen LogP contribution in [0.5, 0.6) is 0 Å². The minimum atomic E-state index is -3.58. The minimum Gasteiger partial charge on any atom is -0.352 e. The van der Waals surface area contributed by atoms with Crippen LogP contribution in [-0.4, -0.2) is 32.7 Å². The van der Waals surface area contributed by atoms with E-state index in [0.29, 0.717) is 10.7 Å². The van der Waals surface area contributed by atoms with Crippen LogP contribution in [0.25, 0.3) is 0 Å². The fourth-order valence-corrected chi connectivity index (χ4v) is 3.32. The van der Waals surface area contributed by atoms with Crippen LogP contribution < -0.4 is 9.62 Å². The van der Waals surface area contributed by atoms with E-state index in [-0.39, 0.29) is 11.9 Å². The van der Waals surface area contributed by atoms with Gasteiger partial charge in [0.1, 0.15) is 6.04 Å². The largest absolute Gasteiger partial charge is 0.352 e. The van der Waals surface area contributed by atoms with Gasteiger partial charge in [0.15, 0.2) is 0 Å². The van der Waals surface area contributed by atoms with Crippen molar-refractivity contribution in [3.8, 4) is 0 Å². The summed E-state index contributed by atoms with van der Waals surface area (Å²) in [5, 5.41) is 3.23. The number of rotatable bonds is 5. The third-order valence-corrected chi connectivity index (χ3v) is 4.55. The molecule has 0 aromatic heterocycles. The van der Waals surface area contributed by atoms with Crippen LogP contribution in [0.2, 0.25) is 5.02 Å². The van der Waals surface area contributed by atoms with Crippen molar-refractivity contribution in [3.63, 3.8) is 0 Å². The maximum atomic E-state index is 12.1. The molecule has 20 heavy (non-hydrogen) atoms. The molecule has 0 aliphatic heterocycles. The Kier molecular flexibility index (Phi) is 4.25. The molecule has 1 atom stereocenters. The van der Waals surface area contributed by atoms with Gasteiger partial charge in [-0.15, -0.1) is 0 Å². The number of hydrogen-bond acceptors (Lipinski definition) is 3. The molecule has 0 unspecified atom stereocenters. The van der Waals surface area contributed by atoms with E-state index >= 15 is 0 Å². The second kappa shape index (κ2) is 5.61. The number of halogens is 1. The predicted octanol–water partition coefficient (Wildman–Crippen LogP) is 1.77. The summed E-state index contributed by atoms with van der Waals surface area (Å²) in [6.45, 7) is 1.57. The average molecular weight is 317 g/mol. The smallest absolute Gasteiger partial charge is 0.243 e. The Balaban J connectivity index is 2.30. The van der Waals surface area contributed by atoms with Crippen LogP contribution in [0.4, 0.5) is 5.69 Å². The molecule has 1 aliphatic carbocycles. The third kappa shape index (κ3) is 3.64. The summed E-state index contributed by atoms with van der Waals surface area (Å²) in [7, 11) is -3.58. The highest BCUT2D eigenvalue weighted by molar-refractivity contribution is 7.92. The fourth-order valence-electron chi connectivity index (χ4n) is 1.97. The zero-order valence-electron chi connectivity index (χ0n) is 11.3. The van der Waals surface area contributed by atoms with Gasteiger partial charge in [-0.25, -0.2) is 8.42 Å². The molecule has 0 bridgehead atoms. The number of carbonyl (C=O) groups is 1. The van der Waals surface area contributed by atoms with E-state index in [0.717, 1.165) is 23.4 Å². The first-order valence-electron chi connectivity index (χ1n) is 6.34. The zero-order chi connectivity index (χ0) is 14.9. The van der Waals surface area contributed by atoms with Gasteiger partial charge >= 0.3 is 0 Å². The van der Waals surface area contributed by atoms with E-state index in [2.05, 4.69) is 5.32 Å². The highest BCUT2D eigenvalue weighted by Gasteiger charge is 2.32. The highest BCUT2D eigenvalue weighted by Crippen LogP contribution is 2.25. The van der Waals surface area contributed by atoms with E-state index < -0.39 is 16.1 Å². The molecular weight excluding hydrogens is 300 g/mol. The topological polar surface area (TPSA) is 66.5 Å². The monoisotopic (exact) mass is 316 g/mol. The second-order valence-electron chi connectivity index (χ2n) is 5.00. The standard InChI is InChI=1S/C13H17ClN2O3S/c1-9(13(17)15-11-6-7-11)16(20(2,18)19)12-5-3-4-10(14)8-12/h3-5,8-9,11H,6-7H2,1-2H3,(H,15,17)/t9-/m1/s1. The first kappa shape index (κ1) is 15.1. The van der Waals surface area contributed by atoms with Crippen molar-refractivity contribution >= 4 is 33.2 Å². The number of hydrogen-bond donors (Lipinski definition) is 1. The molecular formula is C13H17ClN2O3S. The van der Waals surface area contributed by atoms with Gasteiger partial charge < -0.3 is 5.32 Å². The summed E-state index contributed by atoms with van der Waals surface area (Å²) in [6, 6.07) is 5.83. The quantitative estimate of drug-likeness (QED) is 0.900. The van der Waals surface area contributed by atoms with E-state index in [1.54, 1.807) is 25.1 Å². The van der Waals surface area contributed by atoms with Gasteiger partial charge in [0.05, 0.1) is 11.9 Å². The molecule has 1 N–H and O–H groups in total. The van der Waals surface area contributed by atoms with E-state index in [1.165, 1.54) is 6.07 Å². The lowest BCUT2D eigenvalue weighted by Crippen LogP contribution is -2.48. The summed E-state index contributed by atoms with van der Waals surface area (Å²) in [4.78, 5) is 12.1. The maximum Gasteiger partial charge on any atom is 0.243 e. The van der Waals surface area contributed by atoms with Gasteiger partial charge in [-0.2, -0.15) is 0 Å². The molecule has 1 aromatic rings. The molecule has 1 fully saturated rings. The Bertz CT molecular complexity index is 614. The lowest BCUT2D eigenvalue weighted by Gasteiger charge is -2.28. The molecule has 0 heterocycles. The SMILES string of the molecule is C[C@H](C(=O)NC1CC1)N(c1cccc(Cl)c1)S(C)(=O)=O. The first-order chi connectivity index (χ1) is 9.29. The minimum absolute atomic E-state index is 0.186. The molecule has 1 amide bonds. The lowest BCUT2D eigenvalue weighted by atomic mass is 10.2. The van der Waals surface area contributed by atoms with Gasteiger partial charge in [0.2, 0.25) is 15.9 Å². The number of benzene rings is 1. The van der Waals surface area contributed by atoms with Gasteiger partial charge in [-0.1, -0.05) is 17.7 Å². The molecule has 7 heteroatoms. The van der Waals surface area contributed by atoms with E-state index in [4.69, 9.17) is 11.6 Å². The number of anilines is 1. The molecule has 5 nitrogen and oxygen atoms in total. The Labute approximate surface area is 124 Å². The van der Waals surface area contributed by atoms with Crippen molar-refractivity contribution in [2.75, 3.05) is 10.6 Å². The van der Waals surface area contributed by atoms with Crippen LogP contribution in [0, 0.1) is 0 Å². The number of amides is 1. The van der Waals surface area contributed by atoms with E-state index in [9.17, 15) is 13.2 Å². The molecule has 2 rings (SSSR count). The van der Waals surface area contributed by atoms with Crippen LogP contribution in [0.1, 0.15) is 19.8 Å². The molecule has 1 aromatic carbocycles. The van der Waals surface area contributed by atoms with Gasteiger partial charge in [-0.3, -0.25) is 9.10 Å². The first-order valence-corrected chi connectivity index (χ1v) is 8.57. The van der Waals surface area contributed by atoms with Crippen molar-refractivity contribution in [1.29, 1.82) is 0 Å². The molecule has 0 radical (unpaired) electrons. The number of nitrogens with one attached hydrogen (secondary N) is 1. The summed E-state index contributed by atoms with van der Waals surface area (Å²) in [5.74, 6) is -0.294. The fraction of sp³-hybridized carbons (Fsp3) is 0.462. The van der Waals surface area contributed by atoms with Gasteiger partial charge in [-0.05, 0) is 38.0 Å². The number of carbonyl (C=O) groups excluding carboxylic acids is 1. The molecule has 0 spiro atoms. The van der Waals surface area contributed by atoms with Crippen LogP contribution in [-0.2, 0) is 14.8 Å². The van der Waals surface area contributed by atoms with Crippen LogP contribution in [0.3, 0.4) is 0 Å². The Morgan fingerprint density at radius 3 is 2.60 bits per heavy atom. The summed E-state index contributed by atoms with van der Waals surface area (Å²) < 4.78 is 25.1. The normalized spacial score (nSPS) is 16.6. The highest BCUT2D eigenvalue weighted by atomic mass is 35.5. The molecule has 0 saturated heterocycles. The maximum absolute atomic E-state index is 12.1. The summed E-state index contributed by atoms with van der Waals surface area (Å²) >= 11 is 5.90. The third-order valence-electron chi connectivity index (χ3n) is 3.07. The van der Waals surface area contributed by atoms with Gasteiger partial charge in [0, 0.05) is 11.1 Å². The van der Waals surface area contributed by atoms with Gasteiger partial charge in [0.25, 0.3) is 0 Å². The average Bonchev–Trinajstić information content (AvgIpc) is 3.11. The second-order valence-corrected chi connectivity index (χ2v) is 7.29. The van der Waals surface area contributed by atoms with Crippen LogP contribution in [0.15, 0.2) is 24.3 Å². The van der Waals surface area contributed by atoms with Crippen molar-refractivity contribution in [2.24, 2.45) is 0 Å². The van der Waals surface area contributed by atoms with Crippen molar-refractivity contribution in [1.82, 2.24) is 5.32 Å². The number of nitrogens with zero attached hydrogens (tertiary/aromatic N) is 1. The predicted molar refractivity (Wildman–Crippen MR) is 79.4 cm³/mol. The molecule has 110 valence electrons. The Hall–Kier alpha value is -1.27. The molecule has 1 aliphatic rings. The van der Waals surface area contributed by atoms with Crippen molar-refractivity contribution in [2.45, 2.75) is 31.8 Å². The van der Waals surface area contributed by atoms with Crippen LogP contribution >= 0.6 is 11.6 Å². The Morgan fingerprint density at radius 2 is 2.10 bits per heavy atom. The number of sulfonamides is 1. The lowest BCUT2D eigenvalue weighted by molar-refractivity contribution is -0.121. The summed E-state index contributed by atoms with van der Waals surface area (Å²) in [6.07, 6.45) is 2.98. The zero-order valence-corrected chi connectivity index (χ0v) is 12.9. The van der Waals surface area contributed by atoms with Crippen molar-refractivity contribution < 1.29 is 13.2 Å². The van der Waals surface area contributed by atoms with Crippen molar-refractivity contribution in [3.05, 3.63) is 29.3 Å². The summed E-state index contributed by atoms with van der Waals surface area (Å²) in [5.41, 5.74) is 0.387. The molecule has 1 saturated carbocycles.